The van der Waals surface area contributed by atoms with Crippen LogP contribution in [0.25, 0.3) is 22.6 Å². The third-order valence-electron chi connectivity index (χ3n) is 5.67. The van der Waals surface area contributed by atoms with Crippen molar-refractivity contribution in [2.24, 2.45) is 0 Å². The van der Waals surface area contributed by atoms with Gasteiger partial charge < -0.3 is 11.1 Å². The fraction of sp³-hybridized carbons (Fsp3) is 0.125. The van der Waals surface area contributed by atoms with Gasteiger partial charge in [-0.05, 0) is 49.7 Å². The number of hydrogen-bond donors (Lipinski definition) is 2. The normalized spacial score (nSPS) is 11.7. The summed E-state index contributed by atoms with van der Waals surface area (Å²) in [6.45, 7) is 3.72. The van der Waals surface area contributed by atoms with E-state index in [0.717, 1.165) is 23.3 Å². The van der Waals surface area contributed by atoms with Gasteiger partial charge in [0.15, 0.2) is 11.5 Å². The van der Waals surface area contributed by atoms with E-state index >= 15 is 0 Å². The van der Waals surface area contributed by atoms with Crippen LogP contribution in [0.15, 0.2) is 61.2 Å². The molecule has 0 radical (unpaired) electrons. The van der Waals surface area contributed by atoms with Crippen molar-refractivity contribution in [3.8, 4) is 16.9 Å². The Morgan fingerprint density at radius 3 is 2.67 bits per heavy atom. The van der Waals surface area contributed by atoms with Gasteiger partial charge in [-0.1, -0.05) is 12.1 Å². The average Bonchev–Trinajstić information content (AvgIpc) is 3.44. The van der Waals surface area contributed by atoms with Crippen molar-refractivity contribution in [2.45, 2.75) is 20.0 Å². The van der Waals surface area contributed by atoms with Crippen molar-refractivity contribution in [3.05, 3.63) is 83.6 Å². The smallest absolute Gasteiger partial charge is 0.381 e. The lowest BCUT2D eigenvalue weighted by molar-refractivity contribution is -0.137. The molecule has 0 bridgehead atoms. The van der Waals surface area contributed by atoms with Gasteiger partial charge >= 0.3 is 6.18 Å². The molecule has 0 atom stereocenters. The van der Waals surface area contributed by atoms with Crippen LogP contribution in [-0.4, -0.2) is 35.3 Å². The van der Waals surface area contributed by atoms with Crippen LogP contribution in [0.5, 0.6) is 0 Å². The van der Waals surface area contributed by atoms with Crippen LogP contribution in [0.3, 0.4) is 0 Å². The molecule has 3 heterocycles. The lowest BCUT2D eigenvalue weighted by Gasteiger charge is -2.12. The summed E-state index contributed by atoms with van der Waals surface area (Å²) in [4.78, 5) is 20.9. The highest BCUT2D eigenvalue weighted by molar-refractivity contribution is 6.04. The molecular formula is C24H19F3N8O. The maximum Gasteiger partial charge on any atom is 0.416 e. The second-order valence-electron chi connectivity index (χ2n) is 8.13. The molecule has 5 rings (SSSR count). The number of nitrogen functional groups attached to an aromatic ring is 1. The number of aromatic nitrogens is 6. The van der Waals surface area contributed by atoms with Gasteiger partial charge in [-0.3, -0.25) is 4.79 Å². The second kappa shape index (κ2) is 8.48. The molecule has 0 aliphatic rings. The molecule has 12 heteroatoms. The Morgan fingerprint density at radius 1 is 1.08 bits per heavy atom. The topological polar surface area (TPSA) is 116 Å². The van der Waals surface area contributed by atoms with E-state index in [-0.39, 0.29) is 11.4 Å². The number of nitrogens with two attached hydrogens (primary N) is 1. The van der Waals surface area contributed by atoms with Crippen molar-refractivity contribution in [3.63, 3.8) is 0 Å². The highest BCUT2D eigenvalue weighted by Gasteiger charge is 2.31. The Balaban J connectivity index is 1.47. The second-order valence-corrected chi connectivity index (χ2v) is 8.13. The van der Waals surface area contributed by atoms with Crippen molar-refractivity contribution in [1.82, 2.24) is 29.4 Å². The molecule has 0 spiro atoms. The van der Waals surface area contributed by atoms with Gasteiger partial charge in [-0.25, -0.2) is 19.2 Å². The molecule has 3 aromatic heterocycles. The molecule has 182 valence electrons. The quantitative estimate of drug-likeness (QED) is 0.383. The standard InChI is InChI=1S/C24H19F3N8O/c1-13-6-7-17(32-23(36)15-4-3-5-16(8-15)24(25,26)27)9-19(13)34-11-18(14(2)33-34)20-10-29-22-21(28)30-12-31-35(20)22/h3-12H,1-2H3,(H,32,36)(H2,28,30,31). The summed E-state index contributed by atoms with van der Waals surface area (Å²) in [7, 11) is 0. The third kappa shape index (κ3) is 4.13. The van der Waals surface area contributed by atoms with Gasteiger partial charge in [-0.15, -0.1) is 0 Å². The van der Waals surface area contributed by atoms with E-state index in [4.69, 9.17) is 5.73 Å². The number of imidazole rings is 1. The minimum absolute atomic E-state index is 0.0990. The third-order valence-corrected chi connectivity index (χ3v) is 5.67. The first-order valence-corrected chi connectivity index (χ1v) is 10.7. The number of carbonyl (C=O) groups is 1. The Kier molecular flexibility index (Phi) is 5.43. The van der Waals surface area contributed by atoms with Gasteiger partial charge in [0.1, 0.15) is 6.33 Å². The summed E-state index contributed by atoms with van der Waals surface area (Å²) in [5.41, 5.74) is 9.41. The number of alkyl halides is 3. The van der Waals surface area contributed by atoms with E-state index in [2.05, 4.69) is 25.5 Å². The number of fused-ring (bicyclic) bond motifs is 1. The molecule has 5 aromatic rings. The molecule has 9 nitrogen and oxygen atoms in total. The van der Waals surface area contributed by atoms with Crippen LogP contribution in [0.4, 0.5) is 24.7 Å². The molecule has 0 unspecified atom stereocenters. The number of amides is 1. The Labute approximate surface area is 202 Å². The Bertz CT molecular complexity index is 1620. The van der Waals surface area contributed by atoms with E-state index in [1.165, 1.54) is 18.5 Å². The van der Waals surface area contributed by atoms with Crippen LogP contribution >= 0.6 is 0 Å². The highest BCUT2D eigenvalue weighted by atomic mass is 19.4. The summed E-state index contributed by atoms with van der Waals surface area (Å²) in [5, 5.41) is 11.5. The van der Waals surface area contributed by atoms with Crippen LogP contribution < -0.4 is 11.1 Å². The highest BCUT2D eigenvalue weighted by Crippen LogP contribution is 2.30. The van der Waals surface area contributed by atoms with Crippen LogP contribution in [0.1, 0.15) is 27.2 Å². The lowest BCUT2D eigenvalue weighted by Crippen LogP contribution is -2.14. The van der Waals surface area contributed by atoms with E-state index in [0.29, 0.717) is 28.4 Å². The van der Waals surface area contributed by atoms with Crippen molar-refractivity contribution >= 4 is 23.1 Å². The minimum Gasteiger partial charge on any atom is -0.381 e. The molecule has 2 aromatic carbocycles. The lowest BCUT2D eigenvalue weighted by atomic mass is 10.1. The number of hydrogen-bond acceptors (Lipinski definition) is 6. The van der Waals surface area contributed by atoms with Gasteiger partial charge in [-0.2, -0.15) is 23.4 Å². The Hall–Kier alpha value is -4.74. The van der Waals surface area contributed by atoms with Crippen LogP contribution in [0.2, 0.25) is 0 Å². The summed E-state index contributed by atoms with van der Waals surface area (Å²) in [5.74, 6) is -0.405. The average molecular weight is 492 g/mol. The predicted octanol–water partition coefficient (Wildman–Crippen LogP) is 4.45. The number of benzene rings is 2. The first kappa shape index (κ1) is 23.0. The first-order chi connectivity index (χ1) is 17.1. The molecule has 0 aliphatic carbocycles. The molecular weight excluding hydrogens is 473 g/mol. The minimum atomic E-state index is -4.54. The zero-order chi connectivity index (χ0) is 25.6. The van der Waals surface area contributed by atoms with E-state index in [9.17, 15) is 18.0 Å². The fourth-order valence-corrected chi connectivity index (χ4v) is 3.83. The molecule has 0 saturated heterocycles. The van der Waals surface area contributed by atoms with Gasteiger partial charge in [0.05, 0.1) is 28.8 Å². The maximum atomic E-state index is 13.0. The molecule has 36 heavy (non-hydrogen) atoms. The number of aryl methyl sites for hydroxylation is 2. The van der Waals surface area contributed by atoms with E-state index in [1.807, 2.05) is 13.8 Å². The number of halogens is 3. The molecule has 1 amide bonds. The summed E-state index contributed by atoms with van der Waals surface area (Å²) in [6.07, 6.45) is 0.237. The van der Waals surface area contributed by atoms with Crippen molar-refractivity contribution < 1.29 is 18.0 Å². The molecule has 0 fully saturated rings. The summed E-state index contributed by atoms with van der Waals surface area (Å²) in [6, 6.07) is 9.43. The maximum absolute atomic E-state index is 13.0. The zero-order valence-corrected chi connectivity index (χ0v) is 19.1. The number of nitrogens with zero attached hydrogens (tertiary/aromatic N) is 6. The summed E-state index contributed by atoms with van der Waals surface area (Å²) >= 11 is 0. The largest absolute Gasteiger partial charge is 0.416 e. The van der Waals surface area contributed by atoms with E-state index < -0.39 is 17.6 Å². The number of nitrogens with one attached hydrogen (secondary N) is 1. The Morgan fingerprint density at radius 2 is 1.89 bits per heavy atom. The fourth-order valence-electron chi connectivity index (χ4n) is 3.83. The number of rotatable bonds is 4. The SMILES string of the molecule is Cc1ccc(NC(=O)c2cccc(C(F)(F)F)c2)cc1-n1cc(-c2cnc3c(N)ncnn23)c(C)n1. The monoisotopic (exact) mass is 492 g/mol. The molecule has 0 saturated carbocycles. The zero-order valence-electron chi connectivity index (χ0n) is 19.1. The van der Waals surface area contributed by atoms with E-state index in [1.54, 1.807) is 39.8 Å². The van der Waals surface area contributed by atoms with Gasteiger partial charge in [0.25, 0.3) is 5.91 Å². The summed E-state index contributed by atoms with van der Waals surface area (Å²) < 4.78 is 42.3. The molecule has 0 aliphatic heterocycles. The first-order valence-electron chi connectivity index (χ1n) is 10.7. The van der Waals surface area contributed by atoms with Gasteiger partial charge in [0, 0.05) is 23.0 Å². The van der Waals surface area contributed by atoms with Crippen LogP contribution in [0, 0.1) is 13.8 Å². The molecule has 3 N–H and O–H groups in total. The van der Waals surface area contributed by atoms with Gasteiger partial charge in [0.2, 0.25) is 0 Å². The predicted molar refractivity (Wildman–Crippen MR) is 127 cm³/mol. The van der Waals surface area contributed by atoms with Crippen molar-refractivity contribution in [1.29, 1.82) is 0 Å². The number of carbonyl (C=O) groups excluding carboxylic acids is 1. The number of anilines is 2. The van der Waals surface area contributed by atoms with Crippen molar-refractivity contribution in [2.75, 3.05) is 11.1 Å². The van der Waals surface area contributed by atoms with Crippen LogP contribution in [-0.2, 0) is 6.18 Å².